The second kappa shape index (κ2) is 5.72. The molecule has 1 heterocycles. The van der Waals surface area contributed by atoms with Crippen LogP contribution >= 0.6 is 0 Å². The van der Waals surface area contributed by atoms with Gasteiger partial charge in [-0.25, -0.2) is 0 Å². The van der Waals surface area contributed by atoms with Gasteiger partial charge in [0.1, 0.15) is 0 Å². The first-order valence-electron chi connectivity index (χ1n) is 7.50. The molecule has 3 rings (SSSR count). The van der Waals surface area contributed by atoms with Gasteiger partial charge < -0.3 is 0 Å². The van der Waals surface area contributed by atoms with Crippen molar-refractivity contribution in [1.29, 1.82) is 0 Å². The fourth-order valence-corrected chi connectivity index (χ4v) is 3.29. The van der Waals surface area contributed by atoms with E-state index in [2.05, 4.69) is 20.4 Å². The Bertz CT molecular complexity index is 327. The lowest BCUT2D eigenvalue weighted by molar-refractivity contribution is 0.400. The molecule has 4 heteroatoms. The van der Waals surface area contributed by atoms with Gasteiger partial charge in [0, 0.05) is 11.8 Å². The van der Waals surface area contributed by atoms with Gasteiger partial charge in [0.2, 0.25) is 0 Å². The van der Waals surface area contributed by atoms with Gasteiger partial charge in [-0.05, 0) is 25.7 Å². The highest BCUT2D eigenvalue weighted by Crippen LogP contribution is 2.32. The van der Waals surface area contributed by atoms with Gasteiger partial charge >= 0.3 is 0 Å². The largest absolute Gasteiger partial charge is 0.176 e. The molecule has 0 aromatic carbocycles. The van der Waals surface area contributed by atoms with E-state index in [1.165, 1.54) is 64.2 Å². The van der Waals surface area contributed by atoms with E-state index in [4.69, 9.17) is 0 Å². The molecule has 0 radical (unpaired) electrons. The molecule has 0 saturated heterocycles. The van der Waals surface area contributed by atoms with Gasteiger partial charge in [-0.1, -0.05) is 38.5 Å². The first-order valence-corrected chi connectivity index (χ1v) is 7.50. The molecule has 98 valence electrons. The zero-order chi connectivity index (χ0) is 12.2. The van der Waals surface area contributed by atoms with E-state index in [1.807, 2.05) is 0 Å². The number of hydrogen-bond acceptors (Lipinski definition) is 4. The molecule has 2 aliphatic carbocycles. The van der Waals surface area contributed by atoms with Crippen LogP contribution in [0.1, 0.15) is 87.7 Å². The molecular weight excluding hydrogens is 224 g/mol. The second-order valence-electron chi connectivity index (χ2n) is 5.79. The highest BCUT2D eigenvalue weighted by atomic mass is 15.3. The van der Waals surface area contributed by atoms with E-state index >= 15 is 0 Å². The van der Waals surface area contributed by atoms with Crippen LogP contribution in [0.2, 0.25) is 0 Å². The topological polar surface area (TPSA) is 51.6 Å². The minimum atomic E-state index is 0.513. The van der Waals surface area contributed by atoms with Gasteiger partial charge in [-0.2, -0.15) is 0 Å². The van der Waals surface area contributed by atoms with Crippen molar-refractivity contribution < 1.29 is 0 Å². The molecule has 0 unspecified atom stereocenters. The zero-order valence-electron chi connectivity index (χ0n) is 11.0. The van der Waals surface area contributed by atoms with E-state index < -0.39 is 0 Å². The first-order chi connectivity index (χ1) is 8.93. The molecular formula is C14H22N4. The lowest BCUT2D eigenvalue weighted by Gasteiger charge is -2.21. The molecule has 18 heavy (non-hydrogen) atoms. The summed E-state index contributed by atoms with van der Waals surface area (Å²) in [7, 11) is 0. The fourth-order valence-electron chi connectivity index (χ4n) is 3.29. The van der Waals surface area contributed by atoms with E-state index in [0.717, 1.165) is 11.6 Å². The van der Waals surface area contributed by atoms with Crippen molar-refractivity contribution in [2.75, 3.05) is 0 Å². The van der Waals surface area contributed by atoms with Gasteiger partial charge in [-0.3, -0.25) is 0 Å². The Morgan fingerprint density at radius 1 is 0.500 bits per heavy atom. The maximum Gasteiger partial charge on any atom is 0.176 e. The van der Waals surface area contributed by atoms with Crippen LogP contribution in [0.3, 0.4) is 0 Å². The van der Waals surface area contributed by atoms with Crippen molar-refractivity contribution in [3.05, 3.63) is 11.6 Å². The predicted octanol–water partition coefficient (Wildman–Crippen LogP) is 3.36. The van der Waals surface area contributed by atoms with E-state index in [9.17, 15) is 0 Å². The maximum absolute atomic E-state index is 4.35. The van der Waals surface area contributed by atoms with Crippen molar-refractivity contribution in [3.63, 3.8) is 0 Å². The summed E-state index contributed by atoms with van der Waals surface area (Å²) < 4.78 is 0. The Hall–Kier alpha value is -1.06. The quantitative estimate of drug-likeness (QED) is 0.803. The molecule has 0 N–H and O–H groups in total. The third-order valence-electron chi connectivity index (χ3n) is 4.45. The number of nitrogens with zero attached hydrogens (tertiary/aromatic N) is 4. The molecule has 2 saturated carbocycles. The molecule has 4 nitrogen and oxygen atoms in total. The summed E-state index contributed by atoms with van der Waals surface area (Å²) in [5, 5.41) is 17.4. The molecule has 0 bridgehead atoms. The number of rotatable bonds is 2. The molecule has 1 aromatic rings. The van der Waals surface area contributed by atoms with Crippen molar-refractivity contribution in [2.45, 2.75) is 76.0 Å². The summed E-state index contributed by atoms with van der Waals surface area (Å²) in [5.41, 5.74) is 0. The van der Waals surface area contributed by atoms with Crippen LogP contribution in [0.4, 0.5) is 0 Å². The summed E-state index contributed by atoms with van der Waals surface area (Å²) in [6, 6.07) is 0. The normalized spacial score (nSPS) is 23.1. The average Bonchev–Trinajstić information content (AvgIpc) is 2.49. The van der Waals surface area contributed by atoms with Gasteiger partial charge in [0.25, 0.3) is 0 Å². The summed E-state index contributed by atoms with van der Waals surface area (Å²) in [4.78, 5) is 0. The Morgan fingerprint density at radius 3 is 1.17 bits per heavy atom. The smallest absolute Gasteiger partial charge is 0.131 e. The minimum absolute atomic E-state index is 0.513. The van der Waals surface area contributed by atoms with E-state index in [-0.39, 0.29) is 0 Å². The molecule has 0 spiro atoms. The summed E-state index contributed by atoms with van der Waals surface area (Å²) in [5.74, 6) is 2.79. The van der Waals surface area contributed by atoms with Crippen LogP contribution < -0.4 is 0 Å². The van der Waals surface area contributed by atoms with Crippen molar-refractivity contribution in [2.24, 2.45) is 0 Å². The Morgan fingerprint density at radius 2 is 0.833 bits per heavy atom. The van der Waals surface area contributed by atoms with Crippen LogP contribution in [0.25, 0.3) is 0 Å². The second-order valence-corrected chi connectivity index (χ2v) is 5.79. The van der Waals surface area contributed by atoms with Crippen LogP contribution in [0.15, 0.2) is 0 Å². The van der Waals surface area contributed by atoms with Crippen molar-refractivity contribution >= 4 is 0 Å². The summed E-state index contributed by atoms with van der Waals surface area (Å²) in [6.07, 6.45) is 12.8. The fraction of sp³-hybridized carbons (Fsp3) is 0.857. The minimum Gasteiger partial charge on any atom is -0.131 e. The third kappa shape index (κ3) is 2.68. The maximum atomic E-state index is 4.35. The SMILES string of the molecule is C1CCC(c2nnc(C3CCCCC3)nn2)CC1. The Kier molecular flexibility index (Phi) is 3.81. The van der Waals surface area contributed by atoms with Crippen LogP contribution in [0.5, 0.6) is 0 Å². The standard InChI is InChI=1S/C14H22N4/c1-3-7-11(8-4-1)13-15-17-14(18-16-13)12-9-5-2-6-10-12/h11-12H,1-10H2. The zero-order valence-corrected chi connectivity index (χ0v) is 11.0. The summed E-state index contributed by atoms with van der Waals surface area (Å²) in [6.45, 7) is 0. The van der Waals surface area contributed by atoms with Crippen molar-refractivity contribution in [1.82, 2.24) is 20.4 Å². The van der Waals surface area contributed by atoms with Crippen LogP contribution in [-0.2, 0) is 0 Å². The number of aromatic nitrogens is 4. The lowest BCUT2D eigenvalue weighted by Crippen LogP contribution is -2.15. The van der Waals surface area contributed by atoms with Crippen LogP contribution in [0, 0.1) is 0 Å². The van der Waals surface area contributed by atoms with E-state index in [0.29, 0.717) is 11.8 Å². The van der Waals surface area contributed by atoms with Crippen LogP contribution in [-0.4, -0.2) is 20.4 Å². The highest BCUT2D eigenvalue weighted by molar-refractivity contribution is 4.97. The lowest BCUT2D eigenvalue weighted by atomic mass is 9.88. The Labute approximate surface area is 109 Å². The predicted molar refractivity (Wildman–Crippen MR) is 69.3 cm³/mol. The average molecular weight is 246 g/mol. The van der Waals surface area contributed by atoms with Crippen molar-refractivity contribution in [3.8, 4) is 0 Å². The third-order valence-corrected chi connectivity index (χ3v) is 4.45. The molecule has 2 aliphatic rings. The number of hydrogen-bond donors (Lipinski definition) is 0. The molecule has 0 atom stereocenters. The highest BCUT2D eigenvalue weighted by Gasteiger charge is 2.22. The molecule has 2 fully saturated rings. The van der Waals surface area contributed by atoms with E-state index in [1.54, 1.807) is 0 Å². The van der Waals surface area contributed by atoms with Gasteiger partial charge in [0.05, 0.1) is 0 Å². The monoisotopic (exact) mass is 246 g/mol. The Balaban J connectivity index is 1.67. The molecule has 1 aromatic heterocycles. The first kappa shape index (κ1) is 12.0. The van der Waals surface area contributed by atoms with Gasteiger partial charge in [0.15, 0.2) is 11.6 Å². The summed E-state index contributed by atoms with van der Waals surface area (Å²) >= 11 is 0. The molecule has 0 aliphatic heterocycles. The van der Waals surface area contributed by atoms with Gasteiger partial charge in [-0.15, -0.1) is 20.4 Å². The molecule has 0 amide bonds.